The van der Waals surface area contributed by atoms with Gasteiger partial charge in [-0.3, -0.25) is 4.79 Å². The largest absolute Gasteiger partial charge is 0.497 e. The molecule has 148 valence electrons. The van der Waals surface area contributed by atoms with Crippen LogP contribution in [0.5, 0.6) is 5.75 Å². The summed E-state index contributed by atoms with van der Waals surface area (Å²) in [6.45, 7) is 0.366. The van der Waals surface area contributed by atoms with Crippen molar-refractivity contribution in [3.63, 3.8) is 0 Å². The second-order valence-electron chi connectivity index (χ2n) is 6.59. The van der Waals surface area contributed by atoms with Crippen molar-refractivity contribution in [2.24, 2.45) is 7.05 Å². The topological polar surface area (TPSA) is 95.1 Å². The minimum Gasteiger partial charge on any atom is -0.497 e. The highest BCUT2D eigenvalue weighted by Gasteiger charge is 2.12. The second kappa shape index (κ2) is 8.14. The first-order valence-electron chi connectivity index (χ1n) is 9.28. The molecule has 2 aromatic carbocycles. The summed E-state index contributed by atoms with van der Waals surface area (Å²) in [6.07, 6.45) is 0.631. The second-order valence-corrected chi connectivity index (χ2v) is 6.59. The highest BCUT2D eigenvalue weighted by Crippen LogP contribution is 2.20. The normalized spacial score (nSPS) is 11.0. The Labute approximate surface area is 167 Å². The van der Waals surface area contributed by atoms with Gasteiger partial charge >= 0.3 is 0 Å². The number of imidazole rings is 1. The van der Waals surface area contributed by atoms with Crippen molar-refractivity contribution in [2.45, 2.75) is 19.4 Å². The molecule has 8 heteroatoms. The Morgan fingerprint density at radius 2 is 1.93 bits per heavy atom. The number of para-hydroxylation sites is 2. The summed E-state index contributed by atoms with van der Waals surface area (Å²) >= 11 is 0. The molecule has 0 aliphatic carbocycles. The van der Waals surface area contributed by atoms with E-state index in [9.17, 15) is 4.79 Å². The quantitative estimate of drug-likeness (QED) is 0.520. The maximum atomic E-state index is 12.2. The molecule has 0 saturated heterocycles. The highest BCUT2D eigenvalue weighted by atomic mass is 16.5. The number of carbonyl (C=O) groups excluding carboxylic acids is 1. The van der Waals surface area contributed by atoms with Crippen LogP contribution < -0.4 is 10.1 Å². The Bertz CT molecular complexity index is 1130. The van der Waals surface area contributed by atoms with Gasteiger partial charge in [0, 0.05) is 25.5 Å². The molecule has 0 saturated carbocycles. The number of carbonyl (C=O) groups is 1. The first kappa shape index (κ1) is 18.7. The third kappa shape index (κ3) is 4.11. The zero-order chi connectivity index (χ0) is 20.2. The van der Waals surface area contributed by atoms with Gasteiger partial charge in [-0.2, -0.15) is 4.98 Å². The van der Waals surface area contributed by atoms with E-state index in [0.717, 1.165) is 28.2 Å². The molecule has 0 radical (unpaired) electrons. The Hall–Kier alpha value is -3.68. The van der Waals surface area contributed by atoms with Crippen molar-refractivity contribution >= 4 is 16.9 Å². The summed E-state index contributed by atoms with van der Waals surface area (Å²) in [7, 11) is 3.55. The number of amides is 1. The van der Waals surface area contributed by atoms with Crippen LogP contribution in [0.1, 0.15) is 18.1 Å². The molecule has 2 aromatic heterocycles. The fourth-order valence-electron chi connectivity index (χ4n) is 3.05. The molecule has 8 nitrogen and oxygen atoms in total. The Kier molecular flexibility index (Phi) is 5.24. The van der Waals surface area contributed by atoms with Crippen molar-refractivity contribution in [1.82, 2.24) is 25.0 Å². The fourth-order valence-corrected chi connectivity index (χ4v) is 3.05. The molecule has 0 atom stereocenters. The van der Waals surface area contributed by atoms with Crippen LogP contribution in [0.2, 0.25) is 0 Å². The standard InChI is InChI=1S/C21H21N5O3/c1-26-17-6-4-3-5-16(17)23-18(26)13-22-19(27)11-12-20-24-21(25-29-20)14-7-9-15(28-2)10-8-14/h3-10H,11-13H2,1-2H3,(H,22,27). The first-order valence-corrected chi connectivity index (χ1v) is 9.28. The lowest BCUT2D eigenvalue weighted by Crippen LogP contribution is -2.24. The van der Waals surface area contributed by atoms with Gasteiger partial charge in [0.1, 0.15) is 11.6 Å². The van der Waals surface area contributed by atoms with Crippen molar-refractivity contribution in [2.75, 3.05) is 7.11 Å². The first-order chi connectivity index (χ1) is 14.1. The van der Waals surface area contributed by atoms with Crippen molar-refractivity contribution in [3.8, 4) is 17.1 Å². The molecular formula is C21H21N5O3. The molecule has 1 amide bonds. The molecule has 29 heavy (non-hydrogen) atoms. The van der Waals surface area contributed by atoms with Gasteiger partial charge in [0.2, 0.25) is 17.6 Å². The molecule has 1 N–H and O–H groups in total. The molecule has 4 rings (SSSR count). The van der Waals surface area contributed by atoms with Crippen LogP contribution >= 0.6 is 0 Å². The lowest BCUT2D eigenvalue weighted by molar-refractivity contribution is -0.121. The van der Waals surface area contributed by atoms with E-state index >= 15 is 0 Å². The number of aryl methyl sites for hydroxylation is 2. The van der Waals surface area contributed by atoms with E-state index in [1.165, 1.54) is 0 Å². The number of hydrogen-bond acceptors (Lipinski definition) is 6. The Morgan fingerprint density at radius 3 is 2.69 bits per heavy atom. The van der Waals surface area contributed by atoms with Gasteiger partial charge < -0.3 is 19.1 Å². The highest BCUT2D eigenvalue weighted by molar-refractivity contribution is 5.77. The average Bonchev–Trinajstić information content (AvgIpc) is 3.36. The molecule has 0 bridgehead atoms. The summed E-state index contributed by atoms with van der Waals surface area (Å²) in [4.78, 5) is 21.1. The maximum absolute atomic E-state index is 12.2. The summed E-state index contributed by atoms with van der Waals surface area (Å²) in [5.74, 6) is 2.38. The predicted molar refractivity (Wildman–Crippen MR) is 107 cm³/mol. The number of fused-ring (bicyclic) bond motifs is 1. The third-order valence-corrected chi connectivity index (χ3v) is 4.71. The molecule has 0 aliphatic rings. The number of aromatic nitrogens is 4. The smallest absolute Gasteiger partial charge is 0.227 e. The summed E-state index contributed by atoms with van der Waals surface area (Å²) in [6, 6.07) is 15.3. The Balaban J connectivity index is 1.31. The average molecular weight is 391 g/mol. The van der Waals surface area contributed by atoms with Gasteiger partial charge in [-0.05, 0) is 36.4 Å². The van der Waals surface area contributed by atoms with Gasteiger partial charge in [0.05, 0.1) is 24.7 Å². The van der Waals surface area contributed by atoms with E-state index in [0.29, 0.717) is 24.7 Å². The lowest BCUT2D eigenvalue weighted by Gasteiger charge is -2.04. The lowest BCUT2D eigenvalue weighted by atomic mass is 10.2. The molecule has 0 spiro atoms. The summed E-state index contributed by atoms with van der Waals surface area (Å²) < 4.78 is 12.4. The molecule has 0 fully saturated rings. The molecule has 0 unspecified atom stereocenters. The number of methoxy groups -OCH3 is 1. The molecular weight excluding hydrogens is 370 g/mol. The predicted octanol–water partition coefficient (Wildman–Crippen LogP) is 2.88. The van der Waals surface area contributed by atoms with Crippen LogP contribution in [0, 0.1) is 0 Å². The number of nitrogens with zero attached hydrogens (tertiary/aromatic N) is 4. The Morgan fingerprint density at radius 1 is 1.14 bits per heavy atom. The minimum atomic E-state index is -0.0961. The number of benzene rings is 2. The fraction of sp³-hybridized carbons (Fsp3) is 0.238. The number of hydrogen-bond donors (Lipinski definition) is 1. The zero-order valence-corrected chi connectivity index (χ0v) is 16.3. The SMILES string of the molecule is COc1ccc(-c2noc(CCC(=O)NCc3nc4ccccc4n3C)n2)cc1. The van der Waals surface area contributed by atoms with Crippen LogP contribution in [0.25, 0.3) is 22.4 Å². The van der Waals surface area contributed by atoms with Crippen LogP contribution in [0.15, 0.2) is 53.1 Å². The number of nitrogens with one attached hydrogen (secondary N) is 1. The van der Waals surface area contributed by atoms with E-state index < -0.39 is 0 Å². The van der Waals surface area contributed by atoms with Crippen molar-refractivity contribution < 1.29 is 14.1 Å². The summed E-state index contributed by atoms with van der Waals surface area (Å²) in [5.41, 5.74) is 2.77. The minimum absolute atomic E-state index is 0.0961. The van der Waals surface area contributed by atoms with Crippen molar-refractivity contribution in [1.29, 1.82) is 0 Å². The van der Waals surface area contributed by atoms with E-state index in [2.05, 4.69) is 20.4 Å². The van der Waals surface area contributed by atoms with E-state index in [1.54, 1.807) is 7.11 Å². The van der Waals surface area contributed by atoms with Crippen LogP contribution in [-0.2, 0) is 24.8 Å². The van der Waals surface area contributed by atoms with Crippen molar-refractivity contribution in [3.05, 3.63) is 60.2 Å². The summed E-state index contributed by atoms with van der Waals surface area (Å²) in [5, 5.41) is 6.87. The van der Waals surface area contributed by atoms with Gasteiger partial charge in [-0.25, -0.2) is 4.98 Å². The monoisotopic (exact) mass is 391 g/mol. The third-order valence-electron chi connectivity index (χ3n) is 4.71. The van der Waals surface area contributed by atoms with E-state index in [4.69, 9.17) is 9.26 Å². The van der Waals surface area contributed by atoms with E-state index in [-0.39, 0.29) is 12.3 Å². The van der Waals surface area contributed by atoms with E-state index in [1.807, 2.05) is 60.1 Å². The molecule has 0 aliphatic heterocycles. The van der Waals surface area contributed by atoms with Gasteiger partial charge in [-0.1, -0.05) is 17.3 Å². The zero-order valence-electron chi connectivity index (χ0n) is 16.3. The van der Waals surface area contributed by atoms with Gasteiger partial charge in [0.25, 0.3) is 0 Å². The number of rotatable bonds is 7. The molecule has 2 heterocycles. The van der Waals surface area contributed by atoms with Crippen LogP contribution in [0.3, 0.4) is 0 Å². The van der Waals surface area contributed by atoms with Gasteiger partial charge in [0.15, 0.2) is 0 Å². The maximum Gasteiger partial charge on any atom is 0.227 e. The molecule has 4 aromatic rings. The number of ether oxygens (including phenoxy) is 1. The van der Waals surface area contributed by atoms with Gasteiger partial charge in [-0.15, -0.1) is 0 Å². The van der Waals surface area contributed by atoms with Crippen LogP contribution in [-0.4, -0.2) is 32.7 Å². The van der Waals surface area contributed by atoms with Crippen LogP contribution in [0.4, 0.5) is 0 Å².